The first-order valence-corrected chi connectivity index (χ1v) is 5.37. The molecule has 1 nitrogen and oxygen atoms in total. The van der Waals surface area contributed by atoms with Crippen molar-refractivity contribution in [1.82, 2.24) is 0 Å². The van der Waals surface area contributed by atoms with Crippen LogP contribution >= 0.6 is 0 Å². The Balaban J connectivity index is 2.69. The molecule has 1 rings (SSSR count). The third-order valence-electron chi connectivity index (χ3n) is 2.26. The van der Waals surface area contributed by atoms with Gasteiger partial charge in [-0.25, -0.2) is 0 Å². The predicted octanol–water partition coefficient (Wildman–Crippen LogP) is 3.35. The van der Waals surface area contributed by atoms with Crippen molar-refractivity contribution in [3.8, 4) is 17.6 Å². The van der Waals surface area contributed by atoms with E-state index in [0.717, 1.165) is 25.0 Å². The molecule has 0 N–H and O–H groups in total. The summed E-state index contributed by atoms with van der Waals surface area (Å²) < 4.78 is 5.31. The number of rotatable bonds is 3. The Bertz CT molecular complexity index is 369. The molecule has 80 valence electrons. The van der Waals surface area contributed by atoms with Crippen molar-refractivity contribution < 1.29 is 4.74 Å². The molecule has 1 aromatic rings. The minimum absolute atomic E-state index is 0.910. The smallest absolute Gasteiger partial charge is 0.122 e. The highest BCUT2D eigenvalue weighted by atomic mass is 16.5. The van der Waals surface area contributed by atoms with E-state index in [9.17, 15) is 0 Å². The van der Waals surface area contributed by atoms with Gasteiger partial charge in [-0.3, -0.25) is 0 Å². The van der Waals surface area contributed by atoms with Crippen molar-refractivity contribution >= 4 is 0 Å². The van der Waals surface area contributed by atoms with Crippen molar-refractivity contribution in [3.63, 3.8) is 0 Å². The van der Waals surface area contributed by atoms with Gasteiger partial charge in [0.25, 0.3) is 0 Å². The first-order chi connectivity index (χ1) is 7.27. The highest BCUT2D eigenvalue weighted by Crippen LogP contribution is 2.20. The lowest BCUT2D eigenvalue weighted by Gasteiger charge is -2.07. The van der Waals surface area contributed by atoms with Crippen molar-refractivity contribution in [2.45, 2.75) is 33.1 Å². The largest absolute Gasteiger partial charge is 0.496 e. The maximum absolute atomic E-state index is 5.31. The Labute approximate surface area is 92.5 Å². The molecular formula is C14H18O. The van der Waals surface area contributed by atoms with Crippen molar-refractivity contribution in [3.05, 3.63) is 29.3 Å². The number of benzene rings is 1. The molecule has 1 aromatic carbocycles. The molecule has 0 aliphatic rings. The van der Waals surface area contributed by atoms with Gasteiger partial charge in [-0.1, -0.05) is 24.6 Å². The minimum atomic E-state index is 0.910. The molecule has 0 saturated heterocycles. The summed E-state index contributed by atoms with van der Waals surface area (Å²) in [4.78, 5) is 0. The van der Waals surface area contributed by atoms with E-state index in [0.29, 0.717) is 0 Å². The summed E-state index contributed by atoms with van der Waals surface area (Å²) in [7, 11) is 1.71. The number of methoxy groups -OCH3 is 1. The van der Waals surface area contributed by atoms with Crippen LogP contribution in [0.5, 0.6) is 5.75 Å². The van der Waals surface area contributed by atoms with Gasteiger partial charge in [-0.05, 0) is 25.0 Å². The number of aryl methyl sites for hydroxylation is 2. The zero-order valence-electron chi connectivity index (χ0n) is 9.76. The molecule has 1 heteroatoms. The maximum atomic E-state index is 5.31. The fourth-order valence-electron chi connectivity index (χ4n) is 1.51. The van der Waals surface area contributed by atoms with Crippen molar-refractivity contribution in [2.75, 3.05) is 7.11 Å². The zero-order valence-corrected chi connectivity index (χ0v) is 9.76. The molecule has 0 atom stereocenters. The van der Waals surface area contributed by atoms with Crippen LogP contribution in [0, 0.1) is 18.8 Å². The highest BCUT2D eigenvalue weighted by Gasteiger charge is 2.01. The molecule has 0 aromatic heterocycles. The normalized spacial score (nSPS) is 9.27. The molecule has 15 heavy (non-hydrogen) atoms. The van der Waals surface area contributed by atoms with Crippen LogP contribution in [0.3, 0.4) is 0 Å². The molecule has 0 aliphatic heterocycles. The van der Waals surface area contributed by atoms with Crippen LogP contribution in [0.1, 0.15) is 30.9 Å². The van der Waals surface area contributed by atoms with Gasteiger partial charge in [0.05, 0.1) is 7.11 Å². The molecule has 0 fully saturated rings. The maximum Gasteiger partial charge on any atom is 0.122 e. The number of hydrogen-bond donors (Lipinski definition) is 0. The summed E-state index contributed by atoms with van der Waals surface area (Å²) in [5, 5.41) is 0. The second kappa shape index (κ2) is 6.14. The van der Waals surface area contributed by atoms with Gasteiger partial charge < -0.3 is 4.74 Å². The van der Waals surface area contributed by atoms with Crippen molar-refractivity contribution in [1.29, 1.82) is 0 Å². The molecule has 0 heterocycles. The van der Waals surface area contributed by atoms with E-state index >= 15 is 0 Å². The first kappa shape index (κ1) is 11.7. The van der Waals surface area contributed by atoms with Crippen molar-refractivity contribution in [2.24, 2.45) is 0 Å². The molecule has 0 bridgehead atoms. The number of hydrogen-bond acceptors (Lipinski definition) is 1. The predicted molar refractivity (Wildman–Crippen MR) is 64.1 cm³/mol. The molecule has 0 radical (unpaired) electrons. The Hall–Kier alpha value is -1.42. The van der Waals surface area contributed by atoms with E-state index in [1.54, 1.807) is 7.11 Å². The van der Waals surface area contributed by atoms with E-state index < -0.39 is 0 Å². The van der Waals surface area contributed by atoms with Gasteiger partial charge in [0.1, 0.15) is 5.75 Å². The summed E-state index contributed by atoms with van der Waals surface area (Å²) in [6.45, 7) is 4.17. The van der Waals surface area contributed by atoms with E-state index in [2.05, 4.69) is 37.8 Å². The Kier molecular flexibility index (Phi) is 4.77. The summed E-state index contributed by atoms with van der Waals surface area (Å²) in [5.41, 5.74) is 2.53. The average molecular weight is 202 g/mol. The molecule has 0 spiro atoms. The minimum Gasteiger partial charge on any atom is -0.496 e. The third kappa shape index (κ3) is 3.67. The lowest BCUT2D eigenvalue weighted by atomic mass is 10.1. The van der Waals surface area contributed by atoms with Crippen LogP contribution < -0.4 is 4.74 Å². The summed E-state index contributed by atoms with van der Waals surface area (Å²) >= 11 is 0. The molecule has 0 amide bonds. The summed E-state index contributed by atoms with van der Waals surface area (Å²) in [5.74, 6) is 7.20. The first-order valence-electron chi connectivity index (χ1n) is 5.37. The van der Waals surface area contributed by atoms with Gasteiger partial charge in [0.15, 0.2) is 0 Å². The quantitative estimate of drug-likeness (QED) is 0.683. The van der Waals surface area contributed by atoms with E-state index in [4.69, 9.17) is 4.74 Å². The SMILES string of the molecule is CCC#CCCc1cc(C)ccc1OC. The Morgan fingerprint density at radius 2 is 2.07 bits per heavy atom. The topological polar surface area (TPSA) is 9.23 Å². The average Bonchev–Trinajstić information content (AvgIpc) is 2.25. The standard InChI is InChI=1S/C14H18O/c1-4-5-6-7-8-13-11-12(2)9-10-14(13)15-3/h9-11H,4,7-8H2,1-3H3. The molecule has 0 saturated carbocycles. The second-order valence-electron chi connectivity index (χ2n) is 3.52. The zero-order chi connectivity index (χ0) is 11.1. The molecule has 0 unspecified atom stereocenters. The van der Waals surface area contributed by atoms with Gasteiger partial charge >= 0.3 is 0 Å². The molecular weight excluding hydrogens is 184 g/mol. The third-order valence-corrected chi connectivity index (χ3v) is 2.26. The number of ether oxygens (including phenoxy) is 1. The van der Waals surface area contributed by atoms with Crippen LogP contribution in [0.15, 0.2) is 18.2 Å². The van der Waals surface area contributed by atoms with Gasteiger partial charge in [0, 0.05) is 12.8 Å². The van der Waals surface area contributed by atoms with Crippen LogP contribution in [-0.2, 0) is 6.42 Å². The monoisotopic (exact) mass is 202 g/mol. The van der Waals surface area contributed by atoms with Crippen LogP contribution in [0.25, 0.3) is 0 Å². The summed E-state index contributed by atoms with van der Waals surface area (Å²) in [6.07, 6.45) is 2.82. The lowest BCUT2D eigenvalue weighted by molar-refractivity contribution is 0.409. The second-order valence-corrected chi connectivity index (χ2v) is 3.52. The van der Waals surface area contributed by atoms with Gasteiger partial charge in [-0.2, -0.15) is 0 Å². The van der Waals surface area contributed by atoms with Crippen LogP contribution in [-0.4, -0.2) is 7.11 Å². The fraction of sp³-hybridized carbons (Fsp3) is 0.429. The Morgan fingerprint density at radius 1 is 1.27 bits per heavy atom. The summed E-state index contributed by atoms with van der Waals surface area (Å²) in [6, 6.07) is 6.27. The van der Waals surface area contributed by atoms with Crippen LogP contribution in [0.2, 0.25) is 0 Å². The molecule has 0 aliphatic carbocycles. The highest BCUT2D eigenvalue weighted by molar-refractivity contribution is 5.37. The lowest BCUT2D eigenvalue weighted by Crippen LogP contribution is -1.92. The van der Waals surface area contributed by atoms with E-state index in [1.807, 2.05) is 6.07 Å². The van der Waals surface area contributed by atoms with E-state index in [-0.39, 0.29) is 0 Å². The van der Waals surface area contributed by atoms with Crippen LogP contribution in [0.4, 0.5) is 0 Å². The fourth-order valence-corrected chi connectivity index (χ4v) is 1.51. The van der Waals surface area contributed by atoms with E-state index in [1.165, 1.54) is 11.1 Å². The Morgan fingerprint density at radius 3 is 2.73 bits per heavy atom. The van der Waals surface area contributed by atoms with Gasteiger partial charge in [-0.15, -0.1) is 11.8 Å². The van der Waals surface area contributed by atoms with Gasteiger partial charge in [0.2, 0.25) is 0 Å².